The largest absolute Gasteiger partial charge is 0.373 e. The van der Waals surface area contributed by atoms with Gasteiger partial charge in [-0.3, -0.25) is 4.79 Å². The van der Waals surface area contributed by atoms with Gasteiger partial charge in [0.05, 0.1) is 12.2 Å². The number of sulfonamides is 1. The number of nitrogens with two attached hydrogens (primary N) is 1. The van der Waals surface area contributed by atoms with Crippen molar-refractivity contribution in [1.29, 1.82) is 0 Å². The number of hydrogen-bond acceptors (Lipinski definition) is 4. The summed E-state index contributed by atoms with van der Waals surface area (Å²) >= 11 is 6.00. The number of carbonyl (C=O) groups is 1. The minimum Gasteiger partial charge on any atom is -0.373 e. The van der Waals surface area contributed by atoms with E-state index in [1.54, 1.807) is 26.0 Å². The number of morpholine rings is 1. The number of aromatic amines is 1. The molecule has 0 unspecified atom stereocenters. The van der Waals surface area contributed by atoms with Gasteiger partial charge in [0.25, 0.3) is 5.91 Å². The molecule has 1 amide bonds. The number of rotatable bonds is 3. The fourth-order valence-electron chi connectivity index (χ4n) is 3.04. The predicted octanol–water partition coefficient (Wildman–Crippen LogP) is 1.72. The third-order valence-corrected chi connectivity index (χ3v) is 6.10. The summed E-state index contributed by atoms with van der Waals surface area (Å²) in [6.07, 6.45) is -0.483. The van der Waals surface area contributed by atoms with Crippen molar-refractivity contribution < 1.29 is 17.9 Å². The molecule has 0 saturated carbocycles. The Balaban J connectivity index is 2.21. The number of hydrogen-bond donors (Lipinski definition) is 2. The van der Waals surface area contributed by atoms with Gasteiger partial charge in [0, 0.05) is 29.0 Å². The molecule has 3 rings (SSSR count). The second-order valence-electron chi connectivity index (χ2n) is 5.96. The summed E-state index contributed by atoms with van der Waals surface area (Å²) in [5, 5.41) is 0.723. The highest BCUT2D eigenvalue weighted by Gasteiger charge is 2.36. The van der Waals surface area contributed by atoms with Gasteiger partial charge >= 0.3 is 0 Å². The van der Waals surface area contributed by atoms with Crippen LogP contribution in [0.5, 0.6) is 0 Å². The molecule has 1 aliphatic rings. The molecule has 0 bridgehead atoms. The van der Waals surface area contributed by atoms with E-state index in [1.807, 2.05) is 0 Å². The van der Waals surface area contributed by atoms with Crippen molar-refractivity contribution in [2.24, 2.45) is 5.73 Å². The minimum atomic E-state index is -3.94. The third kappa shape index (κ3) is 2.90. The van der Waals surface area contributed by atoms with Crippen LogP contribution >= 0.6 is 11.6 Å². The molecule has 3 N–H and O–H groups in total. The SMILES string of the molecule is C[C@@H]1CN(S(=O)(=O)c2c(C(N)=O)[nH]c3ccc(Cl)cc23)C[C@@H](C)O1. The molecule has 1 aliphatic heterocycles. The number of fused-ring (bicyclic) bond motifs is 1. The second kappa shape index (κ2) is 6.03. The number of ether oxygens (including phenoxy) is 1. The number of amides is 1. The number of nitrogens with one attached hydrogen (secondary N) is 1. The molecule has 2 atom stereocenters. The number of H-pyrrole nitrogens is 1. The Bertz CT molecular complexity index is 899. The number of halogens is 1. The highest BCUT2D eigenvalue weighted by molar-refractivity contribution is 7.89. The summed E-state index contributed by atoms with van der Waals surface area (Å²) in [4.78, 5) is 14.4. The first-order valence-corrected chi connectivity index (χ1v) is 9.28. The molecule has 7 nitrogen and oxygen atoms in total. The quantitative estimate of drug-likeness (QED) is 0.856. The van der Waals surface area contributed by atoms with Crippen LogP contribution in [0.2, 0.25) is 5.02 Å². The fraction of sp³-hybridized carbons (Fsp3) is 0.400. The zero-order valence-electron chi connectivity index (χ0n) is 13.2. The topological polar surface area (TPSA) is 105 Å². The molecule has 0 spiro atoms. The van der Waals surface area contributed by atoms with Crippen molar-refractivity contribution in [3.63, 3.8) is 0 Å². The van der Waals surface area contributed by atoms with Crippen LogP contribution in [0.4, 0.5) is 0 Å². The molecule has 1 fully saturated rings. The van der Waals surface area contributed by atoms with E-state index in [-0.39, 0.29) is 35.9 Å². The third-order valence-electron chi connectivity index (χ3n) is 3.94. The van der Waals surface area contributed by atoms with Crippen molar-refractivity contribution in [2.75, 3.05) is 13.1 Å². The molecule has 9 heteroatoms. The lowest BCUT2D eigenvalue weighted by Gasteiger charge is -2.34. The Morgan fingerprint density at radius 2 is 1.96 bits per heavy atom. The summed E-state index contributed by atoms with van der Waals surface area (Å²) in [6, 6.07) is 4.74. The Morgan fingerprint density at radius 1 is 1.33 bits per heavy atom. The minimum absolute atomic E-state index is 0.131. The number of primary amides is 1. The molecule has 2 heterocycles. The van der Waals surface area contributed by atoms with Gasteiger partial charge in [0.1, 0.15) is 10.6 Å². The zero-order chi connectivity index (χ0) is 17.6. The Labute approximate surface area is 144 Å². The molecular weight excluding hydrogens is 354 g/mol. The summed E-state index contributed by atoms with van der Waals surface area (Å²) < 4.78 is 33.3. The van der Waals surface area contributed by atoms with E-state index in [4.69, 9.17) is 22.1 Å². The Kier molecular flexibility index (Phi) is 4.33. The van der Waals surface area contributed by atoms with Gasteiger partial charge in [-0.05, 0) is 32.0 Å². The van der Waals surface area contributed by atoms with Gasteiger partial charge < -0.3 is 15.5 Å². The summed E-state index contributed by atoms with van der Waals surface area (Å²) in [6.45, 7) is 4.02. The number of carbonyl (C=O) groups excluding carboxylic acids is 1. The normalized spacial score (nSPS) is 22.8. The number of aromatic nitrogens is 1. The lowest BCUT2D eigenvalue weighted by Crippen LogP contribution is -2.48. The molecule has 0 radical (unpaired) electrons. The molecule has 24 heavy (non-hydrogen) atoms. The molecule has 2 aromatic rings. The van der Waals surface area contributed by atoms with Gasteiger partial charge in [-0.15, -0.1) is 0 Å². The van der Waals surface area contributed by atoms with E-state index >= 15 is 0 Å². The maximum absolute atomic E-state index is 13.2. The van der Waals surface area contributed by atoms with Crippen molar-refractivity contribution in [3.05, 3.63) is 28.9 Å². The first kappa shape index (κ1) is 17.2. The highest BCUT2D eigenvalue weighted by Crippen LogP contribution is 2.32. The molecule has 130 valence electrons. The fourth-order valence-corrected chi connectivity index (χ4v) is 5.14. The van der Waals surface area contributed by atoms with Crippen LogP contribution in [-0.2, 0) is 14.8 Å². The summed E-state index contributed by atoms with van der Waals surface area (Å²) in [7, 11) is -3.94. The average molecular weight is 372 g/mol. The monoisotopic (exact) mass is 371 g/mol. The van der Waals surface area contributed by atoms with E-state index in [0.29, 0.717) is 15.9 Å². The molecular formula is C15H18ClN3O4S. The van der Waals surface area contributed by atoms with Crippen LogP contribution in [-0.4, -0.2) is 48.9 Å². The molecule has 0 aliphatic carbocycles. The zero-order valence-corrected chi connectivity index (χ0v) is 14.8. The van der Waals surface area contributed by atoms with Crippen LogP contribution < -0.4 is 5.73 Å². The van der Waals surface area contributed by atoms with E-state index < -0.39 is 15.9 Å². The van der Waals surface area contributed by atoms with Crippen LogP contribution in [0.15, 0.2) is 23.1 Å². The van der Waals surface area contributed by atoms with Crippen molar-refractivity contribution in [1.82, 2.24) is 9.29 Å². The van der Waals surface area contributed by atoms with Crippen molar-refractivity contribution in [3.8, 4) is 0 Å². The smallest absolute Gasteiger partial charge is 0.266 e. The highest BCUT2D eigenvalue weighted by atomic mass is 35.5. The second-order valence-corrected chi connectivity index (χ2v) is 8.27. The lowest BCUT2D eigenvalue weighted by molar-refractivity contribution is -0.0440. The molecule has 1 aromatic heterocycles. The number of benzene rings is 1. The molecule has 1 aromatic carbocycles. The van der Waals surface area contributed by atoms with Gasteiger partial charge in [-0.1, -0.05) is 11.6 Å². The lowest BCUT2D eigenvalue weighted by atomic mass is 10.2. The maximum Gasteiger partial charge on any atom is 0.266 e. The van der Waals surface area contributed by atoms with Crippen LogP contribution in [0.25, 0.3) is 10.9 Å². The predicted molar refractivity (Wildman–Crippen MR) is 90.6 cm³/mol. The van der Waals surface area contributed by atoms with E-state index in [2.05, 4.69) is 4.98 Å². The standard InChI is InChI=1S/C15H18ClN3O4S/c1-8-6-19(7-9(2)23-8)24(21,22)14-11-5-10(16)3-4-12(11)18-13(14)15(17)20/h3-5,8-9,18H,6-7H2,1-2H3,(H2,17,20)/t8-,9-/m1/s1. The summed E-state index contributed by atoms with van der Waals surface area (Å²) in [5.41, 5.74) is 5.73. The van der Waals surface area contributed by atoms with E-state index in [0.717, 1.165) is 0 Å². The Hall–Kier alpha value is -1.61. The first-order valence-electron chi connectivity index (χ1n) is 7.46. The van der Waals surface area contributed by atoms with E-state index in [1.165, 1.54) is 10.4 Å². The van der Waals surface area contributed by atoms with Crippen LogP contribution in [0, 0.1) is 0 Å². The van der Waals surface area contributed by atoms with Gasteiger partial charge in [0.2, 0.25) is 10.0 Å². The molecule has 1 saturated heterocycles. The van der Waals surface area contributed by atoms with Crippen molar-refractivity contribution >= 4 is 38.4 Å². The van der Waals surface area contributed by atoms with Gasteiger partial charge in [-0.2, -0.15) is 4.31 Å². The average Bonchev–Trinajstić information content (AvgIpc) is 2.85. The van der Waals surface area contributed by atoms with Gasteiger partial charge in [-0.25, -0.2) is 8.42 Å². The van der Waals surface area contributed by atoms with Crippen LogP contribution in [0.1, 0.15) is 24.3 Å². The van der Waals surface area contributed by atoms with Gasteiger partial charge in [0.15, 0.2) is 0 Å². The number of nitrogens with zero attached hydrogens (tertiary/aromatic N) is 1. The van der Waals surface area contributed by atoms with Crippen LogP contribution in [0.3, 0.4) is 0 Å². The first-order chi connectivity index (χ1) is 11.2. The Morgan fingerprint density at radius 3 is 2.54 bits per heavy atom. The van der Waals surface area contributed by atoms with E-state index in [9.17, 15) is 13.2 Å². The van der Waals surface area contributed by atoms with Crippen molar-refractivity contribution in [2.45, 2.75) is 31.0 Å². The maximum atomic E-state index is 13.2. The summed E-state index contributed by atoms with van der Waals surface area (Å²) in [5.74, 6) is -0.838.